The van der Waals surface area contributed by atoms with Crippen LogP contribution in [0.5, 0.6) is 0 Å². The maximum Gasteiger partial charge on any atom is 0.149 e. The lowest BCUT2D eigenvalue weighted by atomic mass is 9.95. The molecule has 0 saturated heterocycles. The highest BCUT2D eigenvalue weighted by molar-refractivity contribution is 6.38. The molecule has 0 fully saturated rings. The predicted octanol–water partition coefficient (Wildman–Crippen LogP) is -0.656. The second kappa shape index (κ2) is 2.23. The van der Waals surface area contributed by atoms with Gasteiger partial charge in [-0.1, -0.05) is 5.46 Å². The number of hydrogen-bond donors (Lipinski definition) is 1. The molecule has 58 valence electrons. The number of rotatable bonds is 0. The molecular weight excluding hydrogens is 151 g/mol. The van der Waals surface area contributed by atoms with Crippen LogP contribution in [0, 0.1) is 0 Å². The third-order valence-corrected chi connectivity index (χ3v) is 1.84. The molecule has 0 spiro atoms. The Labute approximate surface area is 70.8 Å². The maximum atomic E-state index is 5.67. The van der Waals surface area contributed by atoms with Crippen molar-refractivity contribution in [3.63, 3.8) is 0 Å². The van der Waals surface area contributed by atoms with Crippen LogP contribution in [0.1, 0.15) is 0 Å². The van der Waals surface area contributed by atoms with Crippen molar-refractivity contribution in [3.8, 4) is 0 Å². The molecule has 12 heavy (non-hydrogen) atoms. The number of aromatic nitrogens is 3. The summed E-state index contributed by atoms with van der Waals surface area (Å²) < 4.78 is 1.66. The van der Waals surface area contributed by atoms with Gasteiger partial charge in [0.05, 0.1) is 6.20 Å². The van der Waals surface area contributed by atoms with Crippen LogP contribution in [0.15, 0.2) is 12.4 Å². The van der Waals surface area contributed by atoms with Gasteiger partial charge >= 0.3 is 0 Å². The lowest BCUT2D eigenvalue weighted by molar-refractivity contribution is 0.796. The molecule has 0 saturated carbocycles. The Morgan fingerprint density at radius 3 is 2.92 bits per heavy atom. The fourth-order valence-electron chi connectivity index (χ4n) is 1.22. The normalized spacial score (nSPS) is 10.8. The third kappa shape index (κ3) is 0.793. The number of nitrogen functional groups attached to an aromatic ring is 1. The van der Waals surface area contributed by atoms with E-state index in [9.17, 15) is 0 Å². The summed E-state index contributed by atoms with van der Waals surface area (Å²) in [4.78, 5) is 3.93. The van der Waals surface area contributed by atoms with Crippen molar-refractivity contribution in [2.75, 3.05) is 5.73 Å². The summed E-state index contributed by atoms with van der Waals surface area (Å²) in [6.45, 7) is 0. The second-order valence-corrected chi connectivity index (χ2v) is 2.63. The Kier molecular flexibility index (Phi) is 1.33. The van der Waals surface area contributed by atoms with Crippen molar-refractivity contribution in [1.29, 1.82) is 0 Å². The number of pyridine rings is 1. The molecule has 2 rings (SSSR count). The molecule has 0 amide bonds. The molecule has 2 N–H and O–H groups in total. The van der Waals surface area contributed by atoms with Crippen molar-refractivity contribution in [1.82, 2.24) is 14.8 Å². The summed E-state index contributed by atoms with van der Waals surface area (Å²) in [5, 5.41) is 4.89. The average molecular weight is 158 g/mol. The second-order valence-electron chi connectivity index (χ2n) is 2.63. The van der Waals surface area contributed by atoms with Gasteiger partial charge < -0.3 is 5.73 Å². The van der Waals surface area contributed by atoms with Gasteiger partial charge in [0.2, 0.25) is 0 Å². The smallest absolute Gasteiger partial charge is 0.149 e. The largest absolute Gasteiger partial charge is 0.382 e. The first-order valence-corrected chi connectivity index (χ1v) is 3.52. The topological polar surface area (TPSA) is 56.7 Å². The van der Waals surface area contributed by atoms with Crippen LogP contribution in [0.2, 0.25) is 0 Å². The van der Waals surface area contributed by atoms with E-state index in [0.717, 1.165) is 10.9 Å². The summed E-state index contributed by atoms with van der Waals surface area (Å²) in [6, 6.07) is 0. The molecule has 0 unspecified atom stereocenters. The van der Waals surface area contributed by atoms with E-state index < -0.39 is 0 Å². The minimum Gasteiger partial charge on any atom is -0.382 e. The van der Waals surface area contributed by atoms with Crippen LogP contribution >= 0.6 is 0 Å². The molecule has 0 aliphatic heterocycles. The molecule has 0 aliphatic carbocycles. The highest BCUT2D eigenvalue weighted by Crippen LogP contribution is 2.14. The molecule has 2 heterocycles. The quantitative estimate of drug-likeness (QED) is 0.518. The molecule has 5 heteroatoms. The van der Waals surface area contributed by atoms with E-state index in [0.29, 0.717) is 11.3 Å². The van der Waals surface area contributed by atoms with Gasteiger partial charge in [-0.15, -0.1) is 0 Å². The van der Waals surface area contributed by atoms with Gasteiger partial charge in [0.25, 0.3) is 0 Å². The van der Waals surface area contributed by atoms with Crippen LogP contribution in [-0.2, 0) is 7.05 Å². The van der Waals surface area contributed by atoms with Crippen LogP contribution in [0.4, 0.5) is 5.82 Å². The summed E-state index contributed by atoms with van der Waals surface area (Å²) in [5.41, 5.74) is 7.03. The number of aryl methyl sites for hydroxylation is 1. The van der Waals surface area contributed by atoms with E-state index in [1.165, 1.54) is 0 Å². The summed E-state index contributed by atoms with van der Waals surface area (Å²) in [7, 11) is 7.47. The van der Waals surface area contributed by atoms with E-state index in [1.54, 1.807) is 24.1 Å². The molecular formula is C7H7BN4. The van der Waals surface area contributed by atoms with Crippen LogP contribution < -0.4 is 11.2 Å². The van der Waals surface area contributed by atoms with Crippen molar-refractivity contribution < 1.29 is 0 Å². The van der Waals surface area contributed by atoms with Gasteiger partial charge in [0.1, 0.15) is 19.2 Å². The van der Waals surface area contributed by atoms with E-state index in [1.807, 2.05) is 0 Å². The van der Waals surface area contributed by atoms with Gasteiger partial charge in [-0.05, 0) is 0 Å². The molecule has 0 aliphatic rings. The average Bonchev–Trinajstić information content (AvgIpc) is 2.42. The van der Waals surface area contributed by atoms with Gasteiger partial charge in [-0.25, -0.2) is 4.98 Å². The Hall–Kier alpha value is -1.52. The van der Waals surface area contributed by atoms with Crippen molar-refractivity contribution >= 4 is 30.0 Å². The molecule has 0 atom stereocenters. The van der Waals surface area contributed by atoms with E-state index >= 15 is 0 Å². The van der Waals surface area contributed by atoms with Gasteiger partial charge in [0, 0.05) is 18.6 Å². The van der Waals surface area contributed by atoms with Gasteiger partial charge in [-0.2, -0.15) is 5.10 Å². The number of nitrogens with two attached hydrogens (primary N) is 1. The molecule has 4 nitrogen and oxygen atoms in total. The lowest BCUT2D eigenvalue weighted by Crippen LogP contribution is -2.07. The Morgan fingerprint density at radius 1 is 1.50 bits per heavy atom. The first-order valence-electron chi connectivity index (χ1n) is 3.52. The number of hydrogen-bond acceptors (Lipinski definition) is 3. The predicted molar refractivity (Wildman–Crippen MR) is 48.3 cm³/mol. The summed E-state index contributed by atoms with van der Waals surface area (Å²) in [5.74, 6) is 0.458. The highest BCUT2D eigenvalue weighted by atomic mass is 15.3. The van der Waals surface area contributed by atoms with E-state index in [4.69, 9.17) is 13.6 Å². The zero-order valence-corrected chi connectivity index (χ0v) is 6.65. The van der Waals surface area contributed by atoms with Crippen LogP contribution in [-0.4, -0.2) is 22.6 Å². The minimum atomic E-state index is 0.458. The number of anilines is 1. The first-order chi connectivity index (χ1) is 5.70. The SMILES string of the molecule is [B]c1cnc(N)c2c1cnn2C. The van der Waals surface area contributed by atoms with Crippen LogP contribution in [0.3, 0.4) is 0 Å². The first kappa shape index (κ1) is 7.15. The zero-order chi connectivity index (χ0) is 8.72. The highest BCUT2D eigenvalue weighted by Gasteiger charge is 2.05. The standard InChI is InChI=1S/C7H7BN4/c1-12-6-4(2-11-12)5(8)3-10-7(6)9/h2-3H,1H3,(H2,9,10). The van der Waals surface area contributed by atoms with Crippen molar-refractivity contribution in [3.05, 3.63) is 12.4 Å². The van der Waals surface area contributed by atoms with Crippen molar-refractivity contribution in [2.24, 2.45) is 7.05 Å². The molecule has 0 bridgehead atoms. The fraction of sp³-hybridized carbons (Fsp3) is 0.143. The number of nitrogens with zero attached hydrogens (tertiary/aromatic N) is 3. The Balaban J connectivity index is 2.98. The van der Waals surface area contributed by atoms with E-state index in [2.05, 4.69) is 10.1 Å². The summed E-state index contributed by atoms with van der Waals surface area (Å²) >= 11 is 0. The van der Waals surface area contributed by atoms with Crippen LogP contribution in [0.25, 0.3) is 10.9 Å². The number of fused-ring (bicyclic) bond motifs is 1. The fourth-order valence-corrected chi connectivity index (χ4v) is 1.22. The van der Waals surface area contributed by atoms with Gasteiger partial charge in [0.15, 0.2) is 0 Å². The molecule has 2 aromatic heterocycles. The van der Waals surface area contributed by atoms with Gasteiger partial charge in [-0.3, -0.25) is 4.68 Å². The molecule has 2 aromatic rings. The Morgan fingerprint density at radius 2 is 2.25 bits per heavy atom. The molecule has 0 aromatic carbocycles. The Bertz CT molecular complexity index is 434. The summed E-state index contributed by atoms with van der Waals surface area (Å²) in [6.07, 6.45) is 3.22. The third-order valence-electron chi connectivity index (χ3n) is 1.84. The molecule has 2 radical (unpaired) electrons. The monoisotopic (exact) mass is 158 g/mol. The van der Waals surface area contributed by atoms with E-state index in [-0.39, 0.29) is 0 Å². The maximum absolute atomic E-state index is 5.67. The lowest BCUT2D eigenvalue weighted by Gasteiger charge is -1.99. The zero-order valence-electron chi connectivity index (χ0n) is 6.65. The van der Waals surface area contributed by atoms with Crippen molar-refractivity contribution in [2.45, 2.75) is 0 Å². The minimum absolute atomic E-state index is 0.458.